The maximum atomic E-state index is 5.79. The van der Waals surface area contributed by atoms with E-state index in [1.165, 1.54) is 19.3 Å². The fraction of sp³-hybridized carbons (Fsp3) is 0.533. The minimum absolute atomic E-state index is 0.528. The van der Waals surface area contributed by atoms with Gasteiger partial charge in [0.2, 0.25) is 0 Å². The Balaban J connectivity index is 1.62. The van der Waals surface area contributed by atoms with Gasteiger partial charge < -0.3 is 15.8 Å². The summed E-state index contributed by atoms with van der Waals surface area (Å²) in [6, 6.07) is 8.00. The highest BCUT2D eigenvalue weighted by Gasteiger charge is 2.16. The van der Waals surface area contributed by atoms with Gasteiger partial charge in [0.1, 0.15) is 12.4 Å². The molecule has 104 valence electrons. The van der Waals surface area contributed by atoms with Crippen molar-refractivity contribution in [2.45, 2.75) is 26.2 Å². The number of nitrogens with zero attached hydrogens (tertiary/aromatic N) is 1. The van der Waals surface area contributed by atoms with Crippen LogP contribution in [-0.4, -0.2) is 25.7 Å². The highest BCUT2D eigenvalue weighted by Crippen LogP contribution is 2.26. The SMILES string of the molecule is Cc1ccccc1OCCNC(N)=NCC1CCC1. The summed E-state index contributed by atoms with van der Waals surface area (Å²) < 4.78 is 5.67. The molecule has 1 aliphatic rings. The van der Waals surface area contributed by atoms with Crippen molar-refractivity contribution in [2.24, 2.45) is 16.6 Å². The Labute approximate surface area is 115 Å². The third kappa shape index (κ3) is 4.47. The second kappa shape index (κ2) is 7.02. The van der Waals surface area contributed by atoms with E-state index < -0.39 is 0 Å². The summed E-state index contributed by atoms with van der Waals surface area (Å²) in [5.74, 6) is 2.21. The summed E-state index contributed by atoms with van der Waals surface area (Å²) in [5, 5.41) is 3.08. The quantitative estimate of drug-likeness (QED) is 0.468. The second-order valence-electron chi connectivity index (χ2n) is 5.06. The summed E-state index contributed by atoms with van der Waals surface area (Å²) in [6.45, 7) is 4.16. The normalized spacial score (nSPS) is 15.9. The summed E-state index contributed by atoms with van der Waals surface area (Å²) in [4.78, 5) is 4.34. The van der Waals surface area contributed by atoms with Crippen LogP contribution in [0, 0.1) is 12.8 Å². The van der Waals surface area contributed by atoms with Gasteiger partial charge in [-0.05, 0) is 37.3 Å². The Kier molecular flexibility index (Phi) is 5.07. The molecule has 0 radical (unpaired) electrons. The van der Waals surface area contributed by atoms with Gasteiger partial charge >= 0.3 is 0 Å². The van der Waals surface area contributed by atoms with Crippen molar-refractivity contribution in [3.8, 4) is 5.75 Å². The molecule has 19 heavy (non-hydrogen) atoms. The Bertz CT molecular complexity index is 427. The van der Waals surface area contributed by atoms with Gasteiger partial charge in [-0.3, -0.25) is 4.99 Å². The van der Waals surface area contributed by atoms with Crippen LogP contribution < -0.4 is 15.8 Å². The van der Waals surface area contributed by atoms with E-state index in [0.29, 0.717) is 19.1 Å². The van der Waals surface area contributed by atoms with Crippen molar-refractivity contribution < 1.29 is 4.74 Å². The molecule has 1 aliphatic carbocycles. The number of nitrogens with two attached hydrogens (primary N) is 1. The lowest BCUT2D eigenvalue weighted by Crippen LogP contribution is -2.35. The molecule has 0 saturated heterocycles. The summed E-state index contributed by atoms with van der Waals surface area (Å²) in [7, 11) is 0. The highest BCUT2D eigenvalue weighted by molar-refractivity contribution is 5.77. The van der Waals surface area contributed by atoms with Crippen LogP contribution in [0.25, 0.3) is 0 Å². The van der Waals surface area contributed by atoms with Crippen LogP contribution in [0.5, 0.6) is 5.75 Å². The van der Waals surface area contributed by atoms with Gasteiger partial charge in [0.15, 0.2) is 5.96 Å². The molecular formula is C15H23N3O. The zero-order valence-electron chi connectivity index (χ0n) is 11.6. The number of hydrogen-bond donors (Lipinski definition) is 2. The average molecular weight is 261 g/mol. The van der Waals surface area contributed by atoms with Crippen molar-refractivity contribution in [1.29, 1.82) is 0 Å². The molecule has 1 fully saturated rings. The molecule has 0 heterocycles. The minimum atomic E-state index is 0.528. The molecule has 0 atom stereocenters. The minimum Gasteiger partial charge on any atom is -0.491 e. The first-order chi connectivity index (χ1) is 9.25. The molecule has 0 spiro atoms. The number of ether oxygens (including phenoxy) is 1. The van der Waals surface area contributed by atoms with E-state index in [4.69, 9.17) is 10.5 Å². The van der Waals surface area contributed by atoms with Gasteiger partial charge in [-0.15, -0.1) is 0 Å². The monoisotopic (exact) mass is 261 g/mol. The fourth-order valence-corrected chi connectivity index (χ4v) is 2.02. The van der Waals surface area contributed by atoms with E-state index in [1.807, 2.05) is 31.2 Å². The standard InChI is InChI=1S/C15H23N3O/c1-12-5-2-3-8-14(12)19-10-9-17-15(16)18-11-13-6-4-7-13/h2-3,5,8,13H,4,6-7,9-11H2,1H3,(H3,16,17,18). The Morgan fingerprint density at radius 2 is 2.21 bits per heavy atom. The number of hydrogen-bond acceptors (Lipinski definition) is 2. The number of para-hydroxylation sites is 1. The van der Waals surface area contributed by atoms with E-state index in [1.54, 1.807) is 0 Å². The molecule has 0 aromatic heterocycles. The largest absolute Gasteiger partial charge is 0.491 e. The Hall–Kier alpha value is -1.71. The molecule has 0 aliphatic heterocycles. The van der Waals surface area contributed by atoms with Crippen LogP contribution in [0.15, 0.2) is 29.3 Å². The van der Waals surface area contributed by atoms with Gasteiger partial charge in [0, 0.05) is 6.54 Å². The summed E-state index contributed by atoms with van der Waals surface area (Å²) in [6.07, 6.45) is 3.94. The molecular weight excluding hydrogens is 238 g/mol. The maximum absolute atomic E-state index is 5.79. The third-order valence-corrected chi connectivity index (χ3v) is 3.50. The Morgan fingerprint density at radius 3 is 2.89 bits per heavy atom. The van der Waals surface area contributed by atoms with E-state index in [-0.39, 0.29) is 0 Å². The van der Waals surface area contributed by atoms with E-state index >= 15 is 0 Å². The van der Waals surface area contributed by atoms with Crippen LogP contribution in [0.4, 0.5) is 0 Å². The molecule has 0 unspecified atom stereocenters. The molecule has 3 N–H and O–H groups in total. The van der Waals surface area contributed by atoms with Gasteiger partial charge in [0.25, 0.3) is 0 Å². The van der Waals surface area contributed by atoms with Gasteiger partial charge in [-0.25, -0.2) is 0 Å². The topological polar surface area (TPSA) is 59.6 Å². The number of benzene rings is 1. The van der Waals surface area contributed by atoms with E-state index in [0.717, 1.165) is 23.8 Å². The lowest BCUT2D eigenvalue weighted by molar-refractivity contribution is 0.318. The summed E-state index contributed by atoms with van der Waals surface area (Å²) >= 11 is 0. The second-order valence-corrected chi connectivity index (χ2v) is 5.06. The van der Waals surface area contributed by atoms with Crippen LogP contribution >= 0.6 is 0 Å². The van der Waals surface area contributed by atoms with Crippen LogP contribution in [0.1, 0.15) is 24.8 Å². The average Bonchev–Trinajstić information content (AvgIpc) is 2.35. The molecule has 1 aromatic carbocycles. The number of guanidine groups is 1. The molecule has 1 saturated carbocycles. The maximum Gasteiger partial charge on any atom is 0.188 e. The van der Waals surface area contributed by atoms with Crippen LogP contribution in [-0.2, 0) is 0 Å². The zero-order valence-corrected chi connectivity index (χ0v) is 11.6. The van der Waals surface area contributed by atoms with Crippen molar-refractivity contribution in [1.82, 2.24) is 5.32 Å². The molecule has 0 bridgehead atoms. The number of rotatable bonds is 6. The number of nitrogens with one attached hydrogen (secondary N) is 1. The van der Waals surface area contributed by atoms with E-state index in [9.17, 15) is 0 Å². The first-order valence-corrected chi connectivity index (χ1v) is 6.98. The highest BCUT2D eigenvalue weighted by atomic mass is 16.5. The van der Waals surface area contributed by atoms with Crippen LogP contribution in [0.3, 0.4) is 0 Å². The van der Waals surface area contributed by atoms with Crippen LogP contribution in [0.2, 0.25) is 0 Å². The number of aliphatic imine (C=N–C) groups is 1. The van der Waals surface area contributed by atoms with Crippen molar-refractivity contribution >= 4 is 5.96 Å². The predicted molar refractivity (Wildman–Crippen MR) is 78.5 cm³/mol. The lowest BCUT2D eigenvalue weighted by atomic mass is 9.86. The van der Waals surface area contributed by atoms with E-state index in [2.05, 4.69) is 10.3 Å². The smallest absolute Gasteiger partial charge is 0.188 e. The zero-order chi connectivity index (χ0) is 13.5. The molecule has 1 aromatic rings. The predicted octanol–water partition coefficient (Wildman–Crippen LogP) is 2.08. The van der Waals surface area contributed by atoms with Crippen molar-refractivity contribution in [2.75, 3.05) is 19.7 Å². The first-order valence-electron chi connectivity index (χ1n) is 6.98. The fourth-order valence-electron chi connectivity index (χ4n) is 2.02. The molecule has 2 rings (SSSR count). The lowest BCUT2D eigenvalue weighted by Gasteiger charge is -2.23. The van der Waals surface area contributed by atoms with Crippen molar-refractivity contribution in [3.05, 3.63) is 29.8 Å². The number of aryl methyl sites for hydroxylation is 1. The van der Waals surface area contributed by atoms with Gasteiger partial charge in [-0.1, -0.05) is 24.6 Å². The van der Waals surface area contributed by atoms with Gasteiger partial charge in [-0.2, -0.15) is 0 Å². The van der Waals surface area contributed by atoms with Crippen molar-refractivity contribution in [3.63, 3.8) is 0 Å². The molecule has 4 heteroatoms. The molecule has 0 amide bonds. The first kappa shape index (κ1) is 13.7. The summed E-state index contributed by atoms with van der Waals surface area (Å²) in [5.41, 5.74) is 6.94. The Morgan fingerprint density at radius 1 is 1.42 bits per heavy atom. The third-order valence-electron chi connectivity index (χ3n) is 3.50. The van der Waals surface area contributed by atoms with Gasteiger partial charge in [0.05, 0.1) is 6.54 Å². The molecule has 4 nitrogen and oxygen atoms in total.